The number of amides is 3. The number of rotatable bonds is 6. The SMILES string of the molecule is CC(C)n1c(=O)n(CC(F)F)c(=O)c2cc(NC(=O)N3CCO[C@@H](C(=O)Nc4ccc(C#N)c(F)c4)C3)ccc21. The van der Waals surface area contributed by atoms with Crippen molar-refractivity contribution in [1.82, 2.24) is 14.0 Å². The minimum absolute atomic E-state index is 0.0272. The zero-order valence-electron chi connectivity index (χ0n) is 21.5. The fraction of sp³-hybridized carbons (Fsp3) is 0.346. The molecule has 1 aliphatic heterocycles. The molecule has 14 heteroatoms. The second kappa shape index (κ2) is 11.6. The zero-order chi connectivity index (χ0) is 29.1. The number of carbonyl (C=O) groups is 2. The Hall–Kier alpha value is -4.64. The molecule has 0 saturated carbocycles. The van der Waals surface area contributed by atoms with Crippen LogP contribution in [-0.4, -0.2) is 58.2 Å². The number of aromatic nitrogens is 2. The number of nitrogens with one attached hydrogen (secondary N) is 2. The lowest BCUT2D eigenvalue weighted by molar-refractivity contribution is -0.131. The van der Waals surface area contributed by atoms with Gasteiger partial charge in [-0.25, -0.2) is 22.8 Å². The van der Waals surface area contributed by atoms with Crippen molar-refractivity contribution in [2.24, 2.45) is 0 Å². The van der Waals surface area contributed by atoms with Gasteiger partial charge in [-0.05, 0) is 50.2 Å². The molecule has 11 nitrogen and oxygen atoms in total. The molecule has 40 heavy (non-hydrogen) atoms. The highest BCUT2D eigenvalue weighted by Crippen LogP contribution is 2.20. The zero-order valence-corrected chi connectivity index (χ0v) is 21.5. The molecule has 2 heterocycles. The average Bonchev–Trinajstić information content (AvgIpc) is 2.91. The number of anilines is 2. The van der Waals surface area contributed by atoms with E-state index in [1.54, 1.807) is 19.9 Å². The third-order valence-corrected chi connectivity index (χ3v) is 6.26. The molecule has 4 rings (SSSR count). The molecule has 0 aliphatic carbocycles. The lowest BCUT2D eigenvalue weighted by atomic mass is 10.2. The Kier molecular flexibility index (Phi) is 8.24. The van der Waals surface area contributed by atoms with Gasteiger partial charge in [0, 0.05) is 24.0 Å². The van der Waals surface area contributed by atoms with Crippen LogP contribution in [0, 0.1) is 17.1 Å². The molecule has 0 unspecified atom stereocenters. The summed E-state index contributed by atoms with van der Waals surface area (Å²) in [5.74, 6) is -1.42. The molecular weight excluding hydrogens is 533 g/mol. The van der Waals surface area contributed by atoms with E-state index in [9.17, 15) is 32.3 Å². The highest BCUT2D eigenvalue weighted by atomic mass is 19.3. The first-order valence-electron chi connectivity index (χ1n) is 12.3. The van der Waals surface area contributed by atoms with Gasteiger partial charge < -0.3 is 20.3 Å². The first kappa shape index (κ1) is 28.4. The molecule has 1 aromatic heterocycles. The Morgan fingerprint density at radius 2 is 1.82 bits per heavy atom. The van der Waals surface area contributed by atoms with Crippen molar-refractivity contribution in [3.05, 3.63) is 68.6 Å². The van der Waals surface area contributed by atoms with Gasteiger partial charge in [-0.3, -0.25) is 18.7 Å². The number of nitrogens with zero attached hydrogens (tertiary/aromatic N) is 4. The van der Waals surface area contributed by atoms with Gasteiger partial charge in [0.15, 0.2) is 6.10 Å². The molecule has 3 amide bonds. The topological polar surface area (TPSA) is 138 Å². The number of hydrogen-bond acceptors (Lipinski definition) is 6. The van der Waals surface area contributed by atoms with Crippen molar-refractivity contribution >= 4 is 34.2 Å². The molecule has 2 N–H and O–H groups in total. The number of alkyl halides is 2. The fourth-order valence-corrected chi connectivity index (χ4v) is 4.36. The third kappa shape index (κ3) is 5.84. The lowest BCUT2D eigenvalue weighted by Crippen LogP contribution is -2.51. The smallest absolute Gasteiger partial charge is 0.331 e. The summed E-state index contributed by atoms with van der Waals surface area (Å²) in [6, 6.07) is 8.44. The van der Waals surface area contributed by atoms with Crippen molar-refractivity contribution in [2.75, 3.05) is 30.3 Å². The van der Waals surface area contributed by atoms with Gasteiger partial charge in [0.1, 0.15) is 11.9 Å². The van der Waals surface area contributed by atoms with E-state index in [1.807, 2.05) is 0 Å². The van der Waals surface area contributed by atoms with E-state index in [4.69, 9.17) is 10.00 Å². The maximum absolute atomic E-state index is 13.9. The average molecular weight is 559 g/mol. The van der Waals surface area contributed by atoms with Crippen molar-refractivity contribution in [2.45, 2.75) is 39.0 Å². The van der Waals surface area contributed by atoms with E-state index in [2.05, 4.69) is 10.6 Å². The second-order valence-corrected chi connectivity index (χ2v) is 9.32. The number of carbonyl (C=O) groups excluding carboxylic acids is 2. The quantitative estimate of drug-likeness (QED) is 0.477. The van der Waals surface area contributed by atoms with E-state index in [1.165, 1.54) is 39.8 Å². The first-order valence-corrected chi connectivity index (χ1v) is 12.3. The number of morpholine rings is 1. The summed E-state index contributed by atoms with van der Waals surface area (Å²) in [5.41, 5.74) is -1.42. The van der Waals surface area contributed by atoms with E-state index in [0.717, 1.165) is 6.07 Å². The van der Waals surface area contributed by atoms with Crippen molar-refractivity contribution in [1.29, 1.82) is 5.26 Å². The van der Waals surface area contributed by atoms with Crippen LogP contribution in [0.15, 0.2) is 46.0 Å². The minimum Gasteiger partial charge on any atom is -0.365 e. The van der Waals surface area contributed by atoms with Crippen LogP contribution >= 0.6 is 0 Å². The van der Waals surface area contributed by atoms with E-state index in [0.29, 0.717) is 4.57 Å². The summed E-state index contributed by atoms with van der Waals surface area (Å²) >= 11 is 0. The predicted octanol–water partition coefficient (Wildman–Crippen LogP) is 2.89. The van der Waals surface area contributed by atoms with Crippen LogP contribution in [0.25, 0.3) is 10.9 Å². The summed E-state index contributed by atoms with van der Waals surface area (Å²) < 4.78 is 47.2. The molecule has 1 aliphatic rings. The Morgan fingerprint density at radius 3 is 2.48 bits per heavy atom. The highest BCUT2D eigenvalue weighted by molar-refractivity contribution is 5.96. The fourth-order valence-electron chi connectivity index (χ4n) is 4.36. The maximum Gasteiger partial charge on any atom is 0.331 e. The van der Waals surface area contributed by atoms with E-state index >= 15 is 0 Å². The van der Waals surface area contributed by atoms with Gasteiger partial charge in [0.25, 0.3) is 17.9 Å². The monoisotopic (exact) mass is 558 g/mol. The Balaban J connectivity index is 1.52. The van der Waals surface area contributed by atoms with Gasteiger partial charge >= 0.3 is 11.7 Å². The van der Waals surface area contributed by atoms with Gasteiger partial charge in [-0.2, -0.15) is 5.26 Å². The van der Waals surface area contributed by atoms with Crippen LogP contribution in [-0.2, 0) is 16.1 Å². The van der Waals surface area contributed by atoms with Crippen LogP contribution in [0.3, 0.4) is 0 Å². The number of benzene rings is 2. The summed E-state index contributed by atoms with van der Waals surface area (Å²) in [6.45, 7) is 2.32. The van der Waals surface area contributed by atoms with Crippen molar-refractivity contribution in [3.63, 3.8) is 0 Å². The van der Waals surface area contributed by atoms with Crippen LogP contribution in [0.5, 0.6) is 0 Å². The highest BCUT2D eigenvalue weighted by Gasteiger charge is 2.30. The number of hydrogen-bond donors (Lipinski definition) is 2. The molecule has 0 radical (unpaired) electrons. The molecule has 0 bridgehead atoms. The molecule has 1 atom stereocenters. The van der Waals surface area contributed by atoms with Crippen LogP contribution < -0.4 is 21.9 Å². The Labute approximate surface area is 225 Å². The number of halogens is 3. The molecule has 210 valence electrons. The number of urea groups is 1. The van der Waals surface area contributed by atoms with Crippen molar-refractivity contribution in [3.8, 4) is 6.07 Å². The third-order valence-electron chi connectivity index (χ3n) is 6.26. The minimum atomic E-state index is -2.92. The largest absolute Gasteiger partial charge is 0.365 e. The molecule has 1 saturated heterocycles. The summed E-state index contributed by atoms with van der Waals surface area (Å²) in [4.78, 5) is 52.6. The van der Waals surface area contributed by atoms with Crippen LogP contribution in [0.1, 0.15) is 25.5 Å². The van der Waals surface area contributed by atoms with E-state index < -0.39 is 54.1 Å². The van der Waals surface area contributed by atoms with Gasteiger partial charge in [-0.15, -0.1) is 0 Å². The Bertz CT molecular complexity index is 1630. The van der Waals surface area contributed by atoms with Crippen LogP contribution in [0.2, 0.25) is 0 Å². The van der Waals surface area contributed by atoms with Gasteiger partial charge in [0.05, 0.1) is 36.2 Å². The molecule has 2 aromatic carbocycles. The normalized spacial score (nSPS) is 15.3. The van der Waals surface area contributed by atoms with Crippen molar-refractivity contribution < 1.29 is 27.5 Å². The number of ether oxygens (including phenoxy) is 1. The molecule has 1 fully saturated rings. The predicted molar refractivity (Wildman–Crippen MR) is 139 cm³/mol. The van der Waals surface area contributed by atoms with E-state index in [-0.39, 0.29) is 47.5 Å². The molecular formula is C26H25F3N6O5. The first-order chi connectivity index (χ1) is 19.0. The maximum atomic E-state index is 13.9. The summed E-state index contributed by atoms with van der Waals surface area (Å²) in [5, 5.41) is 13.9. The van der Waals surface area contributed by atoms with Crippen LogP contribution in [0.4, 0.5) is 29.3 Å². The summed E-state index contributed by atoms with van der Waals surface area (Å²) in [6.07, 6.45) is -3.99. The standard InChI is InChI=1S/C26H25F3N6O5/c1-14(2)35-20-6-5-16(9-18(20)24(37)34(26(35)39)13-22(28)29)32-25(38)33-7-8-40-21(12-33)23(36)31-17-4-3-15(11-30)19(27)10-17/h3-6,9-10,14,21-22H,7-8,12-13H2,1-2H3,(H,31,36)(H,32,38)/t21-/m1/s1. The molecule has 3 aromatic rings. The Morgan fingerprint density at radius 1 is 1.12 bits per heavy atom. The molecule has 0 spiro atoms. The number of fused-ring (bicyclic) bond motifs is 1. The second-order valence-electron chi connectivity index (χ2n) is 9.32. The number of nitriles is 1. The summed E-state index contributed by atoms with van der Waals surface area (Å²) in [7, 11) is 0. The van der Waals surface area contributed by atoms with Gasteiger partial charge in [-0.1, -0.05) is 0 Å². The lowest BCUT2D eigenvalue weighted by Gasteiger charge is -2.32. The van der Waals surface area contributed by atoms with Gasteiger partial charge in [0.2, 0.25) is 0 Å².